The third-order valence-corrected chi connectivity index (χ3v) is 2.83. The summed E-state index contributed by atoms with van der Waals surface area (Å²) in [4.78, 5) is 10.5. The van der Waals surface area contributed by atoms with Crippen LogP contribution in [0.3, 0.4) is 0 Å². The predicted octanol–water partition coefficient (Wildman–Crippen LogP) is 1.11. The molecule has 76 valence electrons. The van der Waals surface area contributed by atoms with Crippen molar-refractivity contribution in [3.05, 3.63) is 30.1 Å². The minimum absolute atomic E-state index is 0.406. The lowest BCUT2D eigenvalue weighted by Crippen LogP contribution is -2.14. The maximum absolute atomic E-state index is 9.82. The molecule has 1 aliphatic heterocycles. The Morgan fingerprint density at radius 1 is 1.27 bits per heavy atom. The maximum atomic E-state index is 9.82. The lowest BCUT2D eigenvalue weighted by molar-refractivity contribution is 0.195. The number of anilines is 1. The number of aliphatic hydroxyl groups is 1. The number of nitrogens with zero attached hydrogens (tertiary/aromatic N) is 3. The molecule has 0 bridgehead atoms. The molecule has 1 atom stereocenters. The van der Waals surface area contributed by atoms with Crippen LogP contribution in [-0.4, -0.2) is 28.7 Å². The lowest BCUT2D eigenvalue weighted by Gasteiger charge is -2.11. The van der Waals surface area contributed by atoms with Gasteiger partial charge >= 0.3 is 0 Å². The summed E-state index contributed by atoms with van der Waals surface area (Å²) in [5.41, 5.74) is 3.71. The molecule has 1 aromatic heterocycles. The number of aliphatic hydroxyl groups excluding tert-OH is 1. The molecule has 0 saturated heterocycles. The number of rotatable bonds is 0. The van der Waals surface area contributed by atoms with Crippen LogP contribution in [0, 0.1) is 0 Å². The largest absolute Gasteiger partial charge is 0.386 e. The molecule has 4 nitrogen and oxygen atoms in total. The first-order valence-electron chi connectivity index (χ1n) is 4.89. The van der Waals surface area contributed by atoms with Crippen molar-refractivity contribution in [2.45, 2.75) is 6.10 Å². The monoisotopic (exact) mass is 201 g/mol. The second-order valence-electron chi connectivity index (χ2n) is 3.85. The van der Waals surface area contributed by atoms with Crippen LogP contribution in [0.15, 0.2) is 24.5 Å². The van der Waals surface area contributed by atoms with Gasteiger partial charge in [-0.25, -0.2) is 0 Å². The second-order valence-corrected chi connectivity index (χ2v) is 3.85. The zero-order valence-corrected chi connectivity index (χ0v) is 8.38. The van der Waals surface area contributed by atoms with Crippen molar-refractivity contribution in [2.75, 3.05) is 18.5 Å². The molecule has 1 aromatic carbocycles. The fourth-order valence-corrected chi connectivity index (χ4v) is 2.07. The highest BCUT2D eigenvalue weighted by Gasteiger charge is 2.25. The lowest BCUT2D eigenvalue weighted by atomic mass is 10.1. The first-order chi connectivity index (χ1) is 7.25. The molecule has 0 aliphatic carbocycles. The van der Waals surface area contributed by atoms with Crippen LogP contribution >= 0.6 is 0 Å². The van der Waals surface area contributed by atoms with Gasteiger partial charge in [0, 0.05) is 37.2 Å². The van der Waals surface area contributed by atoms with Crippen LogP contribution in [-0.2, 0) is 0 Å². The summed E-state index contributed by atoms with van der Waals surface area (Å²) in [6.45, 7) is 0.644. The summed E-state index contributed by atoms with van der Waals surface area (Å²) in [5.74, 6) is 0. The molecule has 1 N–H and O–H groups in total. The van der Waals surface area contributed by atoms with Crippen LogP contribution in [0.2, 0.25) is 0 Å². The smallest absolute Gasteiger partial charge is 0.0985 e. The van der Waals surface area contributed by atoms with Crippen LogP contribution in [0.4, 0.5) is 5.69 Å². The van der Waals surface area contributed by atoms with Gasteiger partial charge in [-0.3, -0.25) is 9.97 Å². The summed E-state index contributed by atoms with van der Waals surface area (Å²) in [6, 6.07) is 3.90. The van der Waals surface area contributed by atoms with Gasteiger partial charge in [0.15, 0.2) is 0 Å². The summed E-state index contributed by atoms with van der Waals surface area (Å²) in [6.07, 6.45) is 2.94. The molecule has 0 amide bonds. The molecule has 3 rings (SSSR count). The van der Waals surface area contributed by atoms with Crippen molar-refractivity contribution in [3.63, 3.8) is 0 Å². The fourth-order valence-electron chi connectivity index (χ4n) is 2.07. The quantitative estimate of drug-likeness (QED) is 0.693. The molecule has 2 heterocycles. The van der Waals surface area contributed by atoms with Crippen LogP contribution in [0.25, 0.3) is 11.0 Å². The molecule has 2 aromatic rings. The normalized spacial score (nSPS) is 19.6. The Bertz CT molecular complexity index is 480. The molecule has 0 saturated carbocycles. The zero-order chi connectivity index (χ0) is 10.4. The SMILES string of the molecule is CN1CC(O)c2cc3nccnc3cc21. The highest BCUT2D eigenvalue weighted by Crippen LogP contribution is 2.35. The number of β-amino-alcohol motifs (C(OH)–C–C–N with tert-alkyl or cyclic N) is 1. The van der Waals surface area contributed by atoms with Crippen molar-refractivity contribution < 1.29 is 5.11 Å². The number of fused-ring (bicyclic) bond motifs is 2. The molecule has 0 fully saturated rings. The highest BCUT2D eigenvalue weighted by molar-refractivity contribution is 5.82. The van der Waals surface area contributed by atoms with Gasteiger partial charge in [0.2, 0.25) is 0 Å². The Balaban J connectivity index is 2.32. The molecule has 1 unspecified atom stereocenters. The molecule has 1 aliphatic rings. The Morgan fingerprint density at radius 2 is 1.93 bits per heavy atom. The summed E-state index contributed by atoms with van der Waals surface area (Å²) < 4.78 is 0. The van der Waals surface area contributed by atoms with Crippen LogP contribution in [0.1, 0.15) is 11.7 Å². The first-order valence-corrected chi connectivity index (χ1v) is 4.89. The minimum atomic E-state index is -0.406. The van der Waals surface area contributed by atoms with Crippen LogP contribution in [0.5, 0.6) is 0 Å². The topological polar surface area (TPSA) is 49.2 Å². The minimum Gasteiger partial charge on any atom is -0.386 e. The first kappa shape index (κ1) is 8.61. The number of benzene rings is 1. The summed E-state index contributed by atoms with van der Waals surface area (Å²) in [5, 5.41) is 9.82. The van der Waals surface area contributed by atoms with Gasteiger partial charge in [-0.05, 0) is 12.1 Å². The summed E-state index contributed by atoms with van der Waals surface area (Å²) >= 11 is 0. The van der Waals surface area contributed by atoms with E-state index in [9.17, 15) is 5.11 Å². The van der Waals surface area contributed by atoms with E-state index in [1.54, 1.807) is 12.4 Å². The Hall–Kier alpha value is -1.68. The van der Waals surface area contributed by atoms with Crippen molar-refractivity contribution in [1.82, 2.24) is 9.97 Å². The number of likely N-dealkylation sites (N-methyl/N-ethyl adjacent to an activating group) is 1. The maximum Gasteiger partial charge on any atom is 0.0985 e. The van der Waals surface area contributed by atoms with E-state index in [0.29, 0.717) is 6.54 Å². The van der Waals surface area contributed by atoms with Crippen molar-refractivity contribution in [3.8, 4) is 0 Å². The average molecular weight is 201 g/mol. The number of hydrogen-bond acceptors (Lipinski definition) is 4. The van der Waals surface area contributed by atoms with Crippen molar-refractivity contribution >= 4 is 16.7 Å². The molecule has 15 heavy (non-hydrogen) atoms. The third-order valence-electron chi connectivity index (χ3n) is 2.83. The fraction of sp³-hybridized carbons (Fsp3) is 0.273. The standard InChI is InChI=1S/C11H11N3O/c1-14-6-11(15)7-4-8-9(5-10(7)14)13-3-2-12-8/h2-5,11,15H,6H2,1H3. The molecular formula is C11H11N3O. The average Bonchev–Trinajstić information content (AvgIpc) is 2.52. The van der Waals surface area contributed by atoms with E-state index in [0.717, 1.165) is 22.3 Å². The molecular weight excluding hydrogens is 190 g/mol. The van der Waals surface area contributed by atoms with E-state index in [1.165, 1.54) is 0 Å². The van der Waals surface area contributed by atoms with Gasteiger partial charge in [0.05, 0.1) is 17.1 Å². The Kier molecular flexibility index (Phi) is 1.67. The van der Waals surface area contributed by atoms with E-state index in [-0.39, 0.29) is 0 Å². The van der Waals surface area contributed by atoms with Crippen molar-refractivity contribution in [1.29, 1.82) is 0 Å². The van der Waals surface area contributed by atoms with Gasteiger partial charge in [-0.15, -0.1) is 0 Å². The number of hydrogen-bond donors (Lipinski definition) is 1. The molecule has 0 spiro atoms. The van der Waals surface area contributed by atoms with Gasteiger partial charge in [-0.1, -0.05) is 0 Å². The Labute approximate surface area is 87.2 Å². The second kappa shape index (κ2) is 2.90. The summed E-state index contributed by atoms with van der Waals surface area (Å²) in [7, 11) is 1.97. The van der Waals surface area contributed by atoms with Gasteiger partial charge in [0.25, 0.3) is 0 Å². The zero-order valence-electron chi connectivity index (χ0n) is 8.38. The highest BCUT2D eigenvalue weighted by atomic mass is 16.3. The predicted molar refractivity (Wildman–Crippen MR) is 57.8 cm³/mol. The van der Waals surface area contributed by atoms with E-state index >= 15 is 0 Å². The van der Waals surface area contributed by atoms with Gasteiger partial charge < -0.3 is 10.0 Å². The van der Waals surface area contributed by atoms with E-state index in [4.69, 9.17) is 0 Å². The molecule has 4 heteroatoms. The Morgan fingerprint density at radius 3 is 2.67 bits per heavy atom. The third kappa shape index (κ3) is 1.18. The van der Waals surface area contributed by atoms with Gasteiger partial charge in [0.1, 0.15) is 0 Å². The number of aromatic nitrogens is 2. The van der Waals surface area contributed by atoms with E-state index in [1.807, 2.05) is 24.1 Å². The molecule has 0 radical (unpaired) electrons. The van der Waals surface area contributed by atoms with E-state index < -0.39 is 6.10 Å². The van der Waals surface area contributed by atoms with Gasteiger partial charge in [-0.2, -0.15) is 0 Å². The van der Waals surface area contributed by atoms with Crippen molar-refractivity contribution in [2.24, 2.45) is 0 Å². The van der Waals surface area contributed by atoms with E-state index in [2.05, 4.69) is 9.97 Å². The van der Waals surface area contributed by atoms with Crippen LogP contribution < -0.4 is 4.90 Å².